The zero-order chi connectivity index (χ0) is 26.8. The molecule has 9 heteroatoms. The van der Waals surface area contributed by atoms with Crippen molar-refractivity contribution in [1.29, 1.82) is 0 Å². The van der Waals surface area contributed by atoms with Gasteiger partial charge in [0.15, 0.2) is 0 Å². The number of aromatic nitrogens is 1. The van der Waals surface area contributed by atoms with Gasteiger partial charge in [0.05, 0.1) is 15.6 Å². The Morgan fingerprint density at radius 1 is 1.11 bits per heavy atom. The molecule has 4 aromatic rings. The predicted octanol–water partition coefficient (Wildman–Crippen LogP) is 8.47. The number of carbonyl (C=O) groups excluding carboxylic acids is 1. The van der Waals surface area contributed by atoms with Crippen LogP contribution >= 0.6 is 47.8 Å². The number of thioether (sulfide) groups is 1. The average Bonchev–Trinajstić information content (AvgIpc) is 3.35. The highest BCUT2D eigenvalue weighted by Gasteiger charge is 2.24. The monoisotopic (exact) mass is 582 g/mol. The van der Waals surface area contributed by atoms with E-state index >= 15 is 0 Å². The zero-order valence-electron chi connectivity index (χ0n) is 20.6. The molecule has 0 bridgehead atoms. The highest BCUT2D eigenvalue weighted by molar-refractivity contribution is 7.99. The first-order valence-electron chi connectivity index (χ1n) is 11.9. The largest absolute Gasteiger partial charge is 0.489 e. The van der Waals surface area contributed by atoms with Crippen LogP contribution in [0.4, 0.5) is 0 Å². The third-order valence-corrected chi connectivity index (χ3v) is 8.19. The van der Waals surface area contributed by atoms with Crippen LogP contribution in [0, 0.1) is 0 Å². The number of ether oxygens (including phenoxy) is 1. The number of nitrogens with zero attached hydrogens (tertiary/aromatic N) is 1. The summed E-state index contributed by atoms with van der Waals surface area (Å²) in [4.78, 5) is 13.0. The fourth-order valence-electron chi connectivity index (χ4n) is 4.28. The fraction of sp³-hybridized carbons (Fsp3) is 0.172. The first-order chi connectivity index (χ1) is 18.4. The van der Waals surface area contributed by atoms with E-state index in [4.69, 9.17) is 32.5 Å². The van der Waals surface area contributed by atoms with E-state index in [0.29, 0.717) is 32.6 Å². The second-order valence-electron chi connectivity index (χ2n) is 9.09. The number of hydrogen-bond acceptors (Lipinski definition) is 6. The van der Waals surface area contributed by atoms with Crippen LogP contribution in [-0.4, -0.2) is 16.8 Å². The van der Waals surface area contributed by atoms with E-state index in [9.17, 15) is 4.79 Å². The molecule has 0 fully saturated rings. The van der Waals surface area contributed by atoms with Crippen LogP contribution in [0.15, 0.2) is 75.7 Å². The lowest BCUT2D eigenvalue weighted by molar-refractivity contribution is -0.115. The molecule has 0 radical (unpaired) electrons. The number of hydrogen-bond donors (Lipinski definition) is 2. The summed E-state index contributed by atoms with van der Waals surface area (Å²) in [5.74, 6) is 2.01. The van der Waals surface area contributed by atoms with Crippen LogP contribution in [0.3, 0.4) is 0 Å². The maximum absolute atomic E-state index is 11.9. The van der Waals surface area contributed by atoms with Crippen LogP contribution in [0.25, 0.3) is 28.5 Å². The molecule has 3 aromatic carbocycles. The Kier molecular flexibility index (Phi) is 8.09. The van der Waals surface area contributed by atoms with Gasteiger partial charge >= 0.3 is 0 Å². The summed E-state index contributed by atoms with van der Waals surface area (Å²) in [6.45, 7) is 4.34. The molecule has 38 heavy (non-hydrogen) atoms. The van der Waals surface area contributed by atoms with Crippen molar-refractivity contribution < 1.29 is 14.1 Å². The van der Waals surface area contributed by atoms with Gasteiger partial charge in [0, 0.05) is 27.7 Å². The molecule has 0 atom stereocenters. The Morgan fingerprint density at radius 3 is 2.50 bits per heavy atom. The summed E-state index contributed by atoms with van der Waals surface area (Å²) in [5, 5.41) is 5.31. The van der Waals surface area contributed by atoms with Gasteiger partial charge in [-0.05, 0) is 53.1 Å². The third kappa shape index (κ3) is 5.47. The zero-order valence-corrected chi connectivity index (χ0v) is 23.8. The van der Waals surface area contributed by atoms with Crippen LogP contribution in [0.2, 0.25) is 10.0 Å². The minimum Gasteiger partial charge on any atom is -0.489 e. The van der Waals surface area contributed by atoms with E-state index < -0.39 is 0 Å². The summed E-state index contributed by atoms with van der Waals surface area (Å²) in [5.41, 5.74) is 5.96. The molecule has 2 heterocycles. The molecule has 5 nitrogen and oxygen atoms in total. The van der Waals surface area contributed by atoms with Crippen molar-refractivity contribution in [2.45, 2.75) is 31.3 Å². The molecule has 5 rings (SSSR count). The fourth-order valence-corrected chi connectivity index (χ4v) is 6.03. The van der Waals surface area contributed by atoms with Crippen molar-refractivity contribution in [3.8, 4) is 28.1 Å². The average molecular weight is 584 g/mol. The first kappa shape index (κ1) is 26.8. The maximum Gasteiger partial charge on any atom is 0.257 e. The molecule has 0 saturated heterocycles. The van der Waals surface area contributed by atoms with Crippen molar-refractivity contribution in [2.75, 3.05) is 5.75 Å². The predicted molar refractivity (Wildman–Crippen MR) is 158 cm³/mol. The lowest BCUT2D eigenvalue weighted by atomic mass is 10.0. The van der Waals surface area contributed by atoms with Gasteiger partial charge in [-0.3, -0.25) is 9.52 Å². The SMILES string of the molecule is CC(C)c1onc(-c2c(Cl)cccc2Cl)c1COc1ccc(-c2ccc3c(c2)SCC(C(=O)NS)=C3)cc1. The molecule has 194 valence electrons. The number of benzene rings is 3. The van der Waals surface area contributed by atoms with Gasteiger partial charge in [-0.2, -0.15) is 0 Å². The third-order valence-electron chi connectivity index (χ3n) is 6.23. The van der Waals surface area contributed by atoms with Crippen LogP contribution in [0.5, 0.6) is 5.75 Å². The smallest absolute Gasteiger partial charge is 0.257 e. The van der Waals surface area contributed by atoms with Crippen LogP contribution in [0.1, 0.15) is 36.7 Å². The molecule has 0 aliphatic carbocycles. The topological polar surface area (TPSA) is 64.4 Å². The minimum atomic E-state index is -0.167. The Balaban J connectivity index is 1.35. The van der Waals surface area contributed by atoms with E-state index in [1.807, 2.05) is 50.3 Å². The van der Waals surface area contributed by atoms with Crippen molar-refractivity contribution in [1.82, 2.24) is 9.88 Å². The van der Waals surface area contributed by atoms with Gasteiger partial charge in [-0.25, -0.2) is 0 Å². The molecule has 1 aromatic heterocycles. The van der Waals surface area contributed by atoms with Gasteiger partial charge in [-0.15, -0.1) is 11.8 Å². The summed E-state index contributed by atoms with van der Waals surface area (Å²) >= 11 is 18.4. The minimum absolute atomic E-state index is 0.110. The van der Waals surface area contributed by atoms with Gasteiger partial charge < -0.3 is 9.26 Å². The van der Waals surface area contributed by atoms with E-state index in [2.05, 4.69) is 34.8 Å². The number of carbonyl (C=O) groups is 1. The normalized spacial score (nSPS) is 12.7. The summed E-state index contributed by atoms with van der Waals surface area (Å²) in [6.07, 6.45) is 1.91. The summed E-state index contributed by atoms with van der Waals surface area (Å²) in [6, 6.07) is 19.5. The van der Waals surface area contributed by atoms with Gasteiger partial charge in [-0.1, -0.05) is 85.4 Å². The molecular weight excluding hydrogens is 559 g/mol. The molecule has 0 saturated carbocycles. The molecule has 0 unspecified atom stereocenters. The Bertz CT molecular complexity index is 1510. The Hall–Kier alpha value is -2.84. The first-order valence-corrected chi connectivity index (χ1v) is 14.1. The molecule has 1 amide bonds. The van der Waals surface area contributed by atoms with E-state index in [1.54, 1.807) is 30.0 Å². The lowest BCUT2D eigenvalue weighted by Gasteiger charge is -2.16. The number of fused-ring (bicyclic) bond motifs is 1. The number of thiol groups is 1. The van der Waals surface area contributed by atoms with Crippen molar-refractivity contribution in [3.05, 3.63) is 93.2 Å². The highest BCUT2D eigenvalue weighted by Crippen LogP contribution is 2.39. The number of amides is 1. The van der Waals surface area contributed by atoms with E-state index in [1.165, 1.54) is 0 Å². The van der Waals surface area contributed by atoms with Crippen molar-refractivity contribution >= 4 is 59.8 Å². The van der Waals surface area contributed by atoms with Gasteiger partial charge in [0.2, 0.25) is 0 Å². The van der Waals surface area contributed by atoms with Crippen LogP contribution < -0.4 is 9.46 Å². The molecular formula is C29H24Cl2N2O3S2. The number of rotatable bonds is 7. The number of nitrogens with one attached hydrogen (secondary N) is 1. The summed E-state index contributed by atoms with van der Waals surface area (Å²) in [7, 11) is 0. The maximum atomic E-state index is 11.9. The van der Waals surface area contributed by atoms with Gasteiger partial charge in [0.25, 0.3) is 5.91 Å². The molecule has 1 aliphatic heterocycles. The standard InChI is InChI=1S/C29H24Cl2N2O3S2/c1-16(2)28-22(27(32-36-28)26-23(30)4-3-5-24(26)31)14-35-21-10-8-17(9-11-21)18-6-7-19-12-20(29(34)33-37)15-38-25(19)13-18/h3-13,16,37H,14-15H2,1-2H3,(H,33,34). The molecule has 1 aliphatic rings. The molecule has 0 spiro atoms. The van der Waals surface area contributed by atoms with E-state index in [-0.39, 0.29) is 18.4 Å². The number of halogens is 2. The van der Waals surface area contributed by atoms with Crippen molar-refractivity contribution in [3.63, 3.8) is 0 Å². The quantitative estimate of drug-likeness (QED) is 0.214. The van der Waals surface area contributed by atoms with E-state index in [0.717, 1.165) is 38.7 Å². The second kappa shape index (κ2) is 11.5. The van der Waals surface area contributed by atoms with Crippen LogP contribution in [-0.2, 0) is 11.4 Å². The Morgan fingerprint density at radius 2 is 1.82 bits per heavy atom. The Labute approximate surface area is 241 Å². The summed E-state index contributed by atoms with van der Waals surface area (Å²) < 4.78 is 14.2. The van der Waals surface area contributed by atoms with Crippen molar-refractivity contribution in [2.24, 2.45) is 0 Å². The highest BCUT2D eigenvalue weighted by atomic mass is 35.5. The second-order valence-corrected chi connectivity index (χ2v) is 11.1. The lowest BCUT2D eigenvalue weighted by Crippen LogP contribution is -2.17. The molecule has 1 N–H and O–H groups in total. The van der Waals surface area contributed by atoms with Gasteiger partial charge in [0.1, 0.15) is 23.8 Å².